The average molecular weight is 199 g/mol. The van der Waals surface area contributed by atoms with Crippen molar-refractivity contribution in [2.45, 2.75) is 6.67 Å². The molecule has 74 valence electrons. The van der Waals surface area contributed by atoms with E-state index in [1.807, 2.05) is 0 Å². The van der Waals surface area contributed by atoms with Crippen LogP contribution in [0.2, 0.25) is 0 Å². The number of hydrogen-bond donors (Lipinski definition) is 1. The summed E-state index contributed by atoms with van der Waals surface area (Å²) >= 11 is 0. The SMILES string of the molecule is O=C(O)c1ccc(CF)cc1[N+](=O)[O-]. The molecule has 0 unspecified atom stereocenters. The molecule has 1 aromatic rings. The van der Waals surface area contributed by atoms with Gasteiger partial charge in [-0.05, 0) is 11.6 Å². The Balaban J connectivity index is 3.31. The van der Waals surface area contributed by atoms with Gasteiger partial charge < -0.3 is 5.11 Å². The highest BCUT2D eigenvalue weighted by atomic mass is 19.1. The zero-order chi connectivity index (χ0) is 10.7. The van der Waals surface area contributed by atoms with Gasteiger partial charge in [0.2, 0.25) is 0 Å². The first-order valence-corrected chi connectivity index (χ1v) is 3.63. The minimum Gasteiger partial charge on any atom is -0.477 e. The summed E-state index contributed by atoms with van der Waals surface area (Å²) in [6.07, 6.45) is 0. The predicted molar refractivity (Wildman–Crippen MR) is 44.9 cm³/mol. The summed E-state index contributed by atoms with van der Waals surface area (Å²) < 4.78 is 12.1. The Hall–Kier alpha value is -1.98. The van der Waals surface area contributed by atoms with Gasteiger partial charge in [0.15, 0.2) is 0 Å². The van der Waals surface area contributed by atoms with Crippen molar-refractivity contribution in [1.82, 2.24) is 0 Å². The topological polar surface area (TPSA) is 80.4 Å². The normalized spacial score (nSPS) is 9.79. The second-order valence-electron chi connectivity index (χ2n) is 2.55. The molecule has 14 heavy (non-hydrogen) atoms. The minimum atomic E-state index is -1.40. The lowest BCUT2D eigenvalue weighted by Gasteiger charge is -1.99. The van der Waals surface area contributed by atoms with E-state index in [1.54, 1.807) is 0 Å². The second-order valence-corrected chi connectivity index (χ2v) is 2.55. The van der Waals surface area contributed by atoms with Gasteiger partial charge in [-0.15, -0.1) is 0 Å². The smallest absolute Gasteiger partial charge is 0.342 e. The maximum atomic E-state index is 12.1. The molecule has 1 rings (SSSR count). The molecule has 0 heterocycles. The van der Waals surface area contributed by atoms with Crippen LogP contribution < -0.4 is 0 Å². The van der Waals surface area contributed by atoms with Gasteiger partial charge in [0.1, 0.15) is 12.2 Å². The lowest BCUT2D eigenvalue weighted by molar-refractivity contribution is -0.385. The van der Waals surface area contributed by atoms with Crippen molar-refractivity contribution in [1.29, 1.82) is 0 Å². The maximum absolute atomic E-state index is 12.1. The summed E-state index contributed by atoms with van der Waals surface area (Å²) in [6.45, 7) is -0.860. The molecule has 1 aromatic carbocycles. The van der Waals surface area contributed by atoms with Crippen molar-refractivity contribution in [3.8, 4) is 0 Å². The number of carbonyl (C=O) groups is 1. The molecule has 0 bridgehead atoms. The van der Waals surface area contributed by atoms with Crippen LogP contribution >= 0.6 is 0 Å². The fraction of sp³-hybridized carbons (Fsp3) is 0.125. The lowest BCUT2D eigenvalue weighted by atomic mass is 10.1. The van der Waals surface area contributed by atoms with E-state index in [9.17, 15) is 19.3 Å². The number of hydrogen-bond acceptors (Lipinski definition) is 3. The number of halogens is 1. The van der Waals surface area contributed by atoms with E-state index in [0.29, 0.717) is 0 Å². The summed E-state index contributed by atoms with van der Waals surface area (Å²) in [7, 11) is 0. The number of nitrogens with zero attached hydrogens (tertiary/aromatic N) is 1. The van der Waals surface area contributed by atoms with Crippen molar-refractivity contribution in [2.24, 2.45) is 0 Å². The van der Waals surface area contributed by atoms with Crippen molar-refractivity contribution >= 4 is 11.7 Å². The molecule has 6 heteroatoms. The zero-order valence-electron chi connectivity index (χ0n) is 6.94. The lowest BCUT2D eigenvalue weighted by Crippen LogP contribution is -2.03. The van der Waals surface area contributed by atoms with Gasteiger partial charge in [0.25, 0.3) is 5.69 Å². The number of nitro groups is 1. The first-order chi connectivity index (χ1) is 6.56. The van der Waals surface area contributed by atoms with E-state index in [1.165, 1.54) is 6.07 Å². The molecule has 0 saturated carbocycles. The number of benzene rings is 1. The molecule has 0 fully saturated rings. The molecule has 0 amide bonds. The highest BCUT2D eigenvalue weighted by Gasteiger charge is 2.19. The molecule has 0 aromatic heterocycles. The van der Waals surface area contributed by atoms with E-state index in [2.05, 4.69) is 0 Å². The molecular formula is C8H6FNO4. The average Bonchev–Trinajstić information content (AvgIpc) is 2.16. The number of rotatable bonds is 3. The Kier molecular flexibility index (Phi) is 2.76. The number of carboxylic acids is 1. The molecule has 5 nitrogen and oxygen atoms in total. The van der Waals surface area contributed by atoms with Crippen molar-refractivity contribution < 1.29 is 19.2 Å². The van der Waals surface area contributed by atoms with Gasteiger partial charge in [-0.2, -0.15) is 0 Å². The predicted octanol–water partition coefficient (Wildman–Crippen LogP) is 1.76. The van der Waals surface area contributed by atoms with Crippen molar-refractivity contribution in [2.75, 3.05) is 0 Å². The summed E-state index contributed by atoms with van der Waals surface area (Å²) in [5.41, 5.74) is -0.943. The second kappa shape index (κ2) is 3.82. The fourth-order valence-corrected chi connectivity index (χ4v) is 0.992. The Bertz CT molecular complexity index is 391. The Morgan fingerprint density at radius 3 is 2.64 bits per heavy atom. The number of carboxylic acid groups (broad SMARTS) is 1. The van der Waals surface area contributed by atoms with Gasteiger partial charge in [-0.1, -0.05) is 6.07 Å². The summed E-state index contributed by atoms with van der Waals surface area (Å²) in [5, 5.41) is 19.0. The Morgan fingerprint density at radius 2 is 2.21 bits per heavy atom. The quantitative estimate of drug-likeness (QED) is 0.594. The molecule has 0 spiro atoms. The van der Waals surface area contributed by atoms with Crippen LogP contribution in [-0.2, 0) is 6.67 Å². The molecule has 0 aliphatic heterocycles. The Labute approximate surface area is 77.9 Å². The highest BCUT2D eigenvalue weighted by molar-refractivity contribution is 5.92. The van der Waals surface area contributed by atoms with Crippen LogP contribution in [0.1, 0.15) is 15.9 Å². The van der Waals surface area contributed by atoms with Crippen molar-refractivity contribution in [3.63, 3.8) is 0 Å². The number of nitro benzene ring substituents is 1. The Morgan fingerprint density at radius 1 is 1.57 bits per heavy atom. The van der Waals surface area contributed by atoms with E-state index in [4.69, 9.17) is 5.11 Å². The van der Waals surface area contributed by atoms with Crippen LogP contribution in [-0.4, -0.2) is 16.0 Å². The standard InChI is InChI=1S/C8H6FNO4/c9-4-5-1-2-6(8(11)12)7(3-5)10(13)14/h1-3H,4H2,(H,11,12). The van der Waals surface area contributed by atoms with Crippen LogP contribution in [0.25, 0.3) is 0 Å². The van der Waals surface area contributed by atoms with Crippen LogP contribution in [0.4, 0.5) is 10.1 Å². The molecular weight excluding hydrogens is 193 g/mol. The molecule has 0 saturated heterocycles. The van der Waals surface area contributed by atoms with Crippen molar-refractivity contribution in [3.05, 3.63) is 39.4 Å². The van der Waals surface area contributed by atoms with Crippen LogP contribution in [0.5, 0.6) is 0 Å². The number of aromatic carboxylic acids is 1. The van der Waals surface area contributed by atoms with E-state index < -0.39 is 28.8 Å². The number of alkyl halides is 1. The zero-order valence-corrected chi connectivity index (χ0v) is 6.94. The van der Waals surface area contributed by atoms with Gasteiger partial charge in [0, 0.05) is 6.07 Å². The summed E-state index contributed by atoms with van der Waals surface area (Å²) in [6, 6.07) is 3.15. The van der Waals surface area contributed by atoms with Gasteiger partial charge >= 0.3 is 5.97 Å². The maximum Gasteiger partial charge on any atom is 0.342 e. The van der Waals surface area contributed by atoms with Crippen LogP contribution in [0, 0.1) is 10.1 Å². The third-order valence-corrected chi connectivity index (χ3v) is 1.64. The first-order valence-electron chi connectivity index (χ1n) is 3.63. The molecule has 0 radical (unpaired) electrons. The van der Waals surface area contributed by atoms with Gasteiger partial charge in [-0.25, -0.2) is 9.18 Å². The third-order valence-electron chi connectivity index (χ3n) is 1.64. The fourth-order valence-electron chi connectivity index (χ4n) is 0.992. The molecule has 0 atom stereocenters. The largest absolute Gasteiger partial charge is 0.477 e. The van der Waals surface area contributed by atoms with Gasteiger partial charge in [-0.3, -0.25) is 10.1 Å². The molecule has 1 N–H and O–H groups in total. The summed E-state index contributed by atoms with van der Waals surface area (Å²) in [5.74, 6) is -1.40. The summed E-state index contributed by atoms with van der Waals surface area (Å²) in [4.78, 5) is 20.1. The van der Waals surface area contributed by atoms with Gasteiger partial charge in [0.05, 0.1) is 4.92 Å². The molecule has 0 aliphatic carbocycles. The first kappa shape index (κ1) is 10.1. The third kappa shape index (κ3) is 1.85. The van der Waals surface area contributed by atoms with E-state index in [0.717, 1.165) is 12.1 Å². The van der Waals surface area contributed by atoms with E-state index >= 15 is 0 Å². The highest BCUT2D eigenvalue weighted by Crippen LogP contribution is 2.20. The van der Waals surface area contributed by atoms with Crippen LogP contribution in [0.15, 0.2) is 18.2 Å². The van der Waals surface area contributed by atoms with Crippen LogP contribution in [0.3, 0.4) is 0 Å². The van der Waals surface area contributed by atoms with E-state index in [-0.39, 0.29) is 5.56 Å². The molecule has 0 aliphatic rings. The minimum absolute atomic E-state index is 0.0849. The monoisotopic (exact) mass is 199 g/mol.